The lowest BCUT2D eigenvalue weighted by atomic mass is 10.1. The lowest BCUT2D eigenvalue weighted by Crippen LogP contribution is -2.38. The Balaban J connectivity index is 1.67. The SMILES string of the molecule is Cn1nccc1CN1CCO[C@@H](c2cccc(OC(F)F)c2)C1. The number of benzene rings is 1. The first-order valence-corrected chi connectivity index (χ1v) is 7.47. The van der Waals surface area contributed by atoms with Gasteiger partial charge in [-0.05, 0) is 23.8 Å². The maximum absolute atomic E-state index is 12.3. The van der Waals surface area contributed by atoms with Gasteiger partial charge in [0.05, 0.1) is 18.4 Å². The molecule has 0 bridgehead atoms. The third kappa shape index (κ3) is 4.05. The minimum absolute atomic E-state index is 0.154. The fraction of sp³-hybridized carbons (Fsp3) is 0.438. The van der Waals surface area contributed by atoms with Crippen LogP contribution in [-0.2, 0) is 18.3 Å². The molecule has 1 aromatic heterocycles. The number of alkyl halides is 2. The van der Waals surface area contributed by atoms with Crippen LogP contribution in [-0.4, -0.2) is 41.0 Å². The van der Waals surface area contributed by atoms with Gasteiger partial charge < -0.3 is 9.47 Å². The van der Waals surface area contributed by atoms with Gasteiger partial charge in [0, 0.05) is 32.9 Å². The summed E-state index contributed by atoms with van der Waals surface area (Å²) in [6, 6.07) is 8.70. The average Bonchev–Trinajstić information content (AvgIpc) is 2.92. The number of aromatic nitrogens is 2. The molecule has 1 aliphatic rings. The van der Waals surface area contributed by atoms with Crippen molar-refractivity contribution in [2.24, 2.45) is 7.05 Å². The fourth-order valence-corrected chi connectivity index (χ4v) is 2.72. The van der Waals surface area contributed by atoms with Crippen molar-refractivity contribution < 1.29 is 18.3 Å². The summed E-state index contributed by atoms with van der Waals surface area (Å²) in [7, 11) is 1.92. The summed E-state index contributed by atoms with van der Waals surface area (Å²) in [6.07, 6.45) is 1.62. The molecule has 0 amide bonds. The molecule has 124 valence electrons. The second-order valence-corrected chi connectivity index (χ2v) is 5.49. The highest BCUT2D eigenvalue weighted by Crippen LogP contribution is 2.26. The van der Waals surface area contributed by atoms with E-state index in [4.69, 9.17) is 4.74 Å². The fourth-order valence-electron chi connectivity index (χ4n) is 2.72. The Morgan fingerprint density at radius 1 is 1.39 bits per heavy atom. The van der Waals surface area contributed by atoms with E-state index in [1.165, 1.54) is 6.07 Å². The molecule has 1 atom stereocenters. The summed E-state index contributed by atoms with van der Waals surface area (Å²) >= 11 is 0. The van der Waals surface area contributed by atoms with Crippen molar-refractivity contribution in [2.45, 2.75) is 19.3 Å². The Morgan fingerprint density at radius 2 is 2.26 bits per heavy atom. The molecule has 2 aromatic rings. The van der Waals surface area contributed by atoms with Gasteiger partial charge in [0.15, 0.2) is 0 Å². The first-order chi connectivity index (χ1) is 11.1. The van der Waals surface area contributed by atoms with E-state index < -0.39 is 6.61 Å². The van der Waals surface area contributed by atoms with Crippen molar-refractivity contribution in [3.8, 4) is 5.75 Å². The lowest BCUT2D eigenvalue weighted by molar-refractivity contribution is -0.0509. The van der Waals surface area contributed by atoms with E-state index in [9.17, 15) is 8.78 Å². The molecule has 5 nitrogen and oxygen atoms in total. The third-order valence-electron chi connectivity index (χ3n) is 3.91. The molecule has 0 aliphatic carbocycles. The molecule has 0 radical (unpaired) electrons. The highest BCUT2D eigenvalue weighted by molar-refractivity contribution is 5.30. The number of aryl methyl sites for hydroxylation is 1. The first kappa shape index (κ1) is 15.9. The van der Waals surface area contributed by atoms with Crippen molar-refractivity contribution in [1.29, 1.82) is 0 Å². The summed E-state index contributed by atoms with van der Waals surface area (Å²) in [5, 5.41) is 4.17. The molecule has 3 rings (SSSR count). The highest BCUT2D eigenvalue weighted by Gasteiger charge is 2.23. The van der Waals surface area contributed by atoms with Crippen LogP contribution in [0.25, 0.3) is 0 Å². The van der Waals surface area contributed by atoms with Crippen LogP contribution in [0.5, 0.6) is 5.75 Å². The smallest absolute Gasteiger partial charge is 0.387 e. The van der Waals surface area contributed by atoms with Crippen molar-refractivity contribution in [3.05, 3.63) is 47.8 Å². The Labute approximate surface area is 133 Å². The molecule has 1 aromatic carbocycles. The number of ether oxygens (including phenoxy) is 2. The zero-order chi connectivity index (χ0) is 16.2. The van der Waals surface area contributed by atoms with E-state index >= 15 is 0 Å². The summed E-state index contributed by atoms with van der Waals surface area (Å²) in [5.74, 6) is 0.157. The maximum atomic E-state index is 12.3. The molecule has 0 spiro atoms. The van der Waals surface area contributed by atoms with Crippen LogP contribution in [0.3, 0.4) is 0 Å². The largest absolute Gasteiger partial charge is 0.435 e. The van der Waals surface area contributed by atoms with Crippen LogP contribution >= 0.6 is 0 Å². The molecule has 7 heteroatoms. The summed E-state index contributed by atoms with van der Waals surface area (Å²) in [5.41, 5.74) is 1.97. The molecule has 0 unspecified atom stereocenters. The molecule has 1 saturated heterocycles. The van der Waals surface area contributed by atoms with E-state index in [2.05, 4.69) is 14.7 Å². The molecular weight excluding hydrogens is 304 g/mol. The topological polar surface area (TPSA) is 39.5 Å². The Kier molecular flexibility index (Phi) is 4.88. The minimum Gasteiger partial charge on any atom is -0.435 e. The van der Waals surface area contributed by atoms with Crippen LogP contribution in [0.15, 0.2) is 36.5 Å². The Bertz CT molecular complexity index is 648. The Morgan fingerprint density at radius 3 is 3.00 bits per heavy atom. The van der Waals surface area contributed by atoms with E-state index in [1.54, 1.807) is 18.3 Å². The molecule has 2 heterocycles. The van der Waals surface area contributed by atoms with Gasteiger partial charge in [0.1, 0.15) is 5.75 Å². The molecule has 0 saturated carbocycles. The van der Waals surface area contributed by atoms with E-state index in [0.717, 1.165) is 24.3 Å². The zero-order valence-electron chi connectivity index (χ0n) is 12.9. The van der Waals surface area contributed by atoms with Crippen LogP contribution in [0, 0.1) is 0 Å². The number of hydrogen-bond donors (Lipinski definition) is 0. The van der Waals surface area contributed by atoms with Gasteiger partial charge in [-0.2, -0.15) is 13.9 Å². The van der Waals surface area contributed by atoms with Crippen LogP contribution < -0.4 is 4.74 Å². The highest BCUT2D eigenvalue weighted by atomic mass is 19.3. The van der Waals surface area contributed by atoms with Crippen molar-refractivity contribution in [3.63, 3.8) is 0 Å². The predicted molar refractivity (Wildman–Crippen MR) is 80.3 cm³/mol. The number of rotatable bonds is 5. The van der Waals surface area contributed by atoms with E-state index in [0.29, 0.717) is 13.2 Å². The van der Waals surface area contributed by atoms with Crippen LogP contribution in [0.1, 0.15) is 17.4 Å². The molecular formula is C16H19F2N3O2. The van der Waals surface area contributed by atoms with Gasteiger partial charge in [-0.3, -0.25) is 9.58 Å². The molecule has 1 fully saturated rings. The second-order valence-electron chi connectivity index (χ2n) is 5.49. The molecule has 23 heavy (non-hydrogen) atoms. The number of nitrogens with zero attached hydrogens (tertiary/aromatic N) is 3. The number of morpholine rings is 1. The Hall–Kier alpha value is -1.99. The average molecular weight is 323 g/mol. The van der Waals surface area contributed by atoms with Gasteiger partial charge in [0.2, 0.25) is 0 Å². The van der Waals surface area contributed by atoms with Gasteiger partial charge in [-0.1, -0.05) is 12.1 Å². The standard InChI is InChI=1S/C16H19F2N3O2/c1-20-13(5-6-19-20)10-21-7-8-22-15(11-21)12-3-2-4-14(9-12)23-16(17)18/h2-6,9,15-16H,7-8,10-11H2,1H3/t15-/m1/s1. The number of halogens is 2. The van der Waals surface area contributed by atoms with Gasteiger partial charge in [0.25, 0.3) is 0 Å². The van der Waals surface area contributed by atoms with Gasteiger partial charge >= 0.3 is 6.61 Å². The maximum Gasteiger partial charge on any atom is 0.387 e. The second kappa shape index (κ2) is 7.06. The number of hydrogen-bond acceptors (Lipinski definition) is 4. The first-order valence-electron chi connectivity index (χ1n) is 7.47. The van der Waals surface area contributed by atoms with Crippen molar-refractivity contribution in [1.82, 2.24) is 14.7 Å². The molecule has 0 N–H and O–H groups in total. The van der Waals surface area contributed by atoms with E-state index in [1.807, 2.05) is 23.9 Å². The summed E-state index contributed by atoms with van der Waals surface area (Å²) in [6.45, 7) is 0.0865. The van der Waals surface area contributed by atoms with Crippen LogP contribution in [0.4, 0.5) is 8.78 Å². The lowest BCUT2D eigenvalue weighted by Gasteiger charge is -2.33. The van der Waals surface area contributed by atoms with Gasteiger partial charge in [-0.25, -0.2) is 0 Å². The van der Waals surface area contributed by atoms with Crippen molar-refractivity contribution >= 4 is 0 Å². The van der Waals surface area contributed by atoms with E-state index in [-0.39, 0.29) is 11.9 Å². The monoisotopic (exact) mass is 323 g/mol. The third-order valence-corrected chi connectivity index (χ3v) is 3.91. The quantitative estimate of drug-likeness (QED) is 0.848. The van der Waals surface area contributed by atoms with Crippen molar-refractivity contribution in [2.75, 3.05) is 19.7 Å². The van der Waals surface area contributed by atoms with Crippen LogP contribution in [0.2, 0.25) is 0 Å². The molecule has 1 aliphatic heterocycles. The minimum atomic E-state index is -2.82. The van der Waals surface area contributed by atoms with Gasteiger partial charge in [-0.15, -0.1) is 0 Å². The summed E-state index contributed by atoms with van der Waals surface area (Å²) in [4.78, 5) is 2.27. The zero-order valence-corrected chi connectivity index (χ0v) is 12.9. The summed E-state index contributed by atoms with van der Waals surface area (Å²) < 4.78 is 36.8. The predicted octanol–water partition coefficient (Wildman–Crippen LogP) is 2.60. The normalized spacial score (nSPS) is 19.2.